The van der Waals surface area contributed by atoms with Gasteiger partial charge in [0.1, 0.15) is 22.4 Å². The molecule has 1 aliphatic carbocycles. The van der Waals surface area contributed by atoms with Crippen LogP contribution in [0.15, 0.2) is 41.0 Å². The number of benzene rings is 1. The van der Waals surface area contributed by atoms with Crippen molar-refractivity contribution in [2.24, 2.45) is 0 Å². The van der Waals surface area contributed by atoms with E-state index in [2.05, 4.69) is 15.6 Å². The van der Waals surface area contributed by atoms with Gasteiger partial charge in [0, 0.05) is 24.2 Å². The summed E-state index contributed by atoms with van der Waals surface area (Å²) >= 11 is 0. The summed E-state index contributed by atoms with van der Waals surface area (Å²) < 4.78 is 20.4. The fourth-order valence-electron chi connectivity index (χ4n) is 4.00. The zero-order chi connectivity index (χ0) is 26.5. The first-order chi connectivity index (χ1) is 17.6. The molecule has 1 fully saturated rings. The zero-order valence-corrected chi connectivity index (χ0v) is 20.2. The summed E-state index contributed by atoms with van der Waals surface area (Å²) in [6, 6.07) is 5.71. The van der Waals surface area contributed by atoms with Gasteiger partial charge in [-0.25, -0.2) is 4.39 Å². The molecule has 0 bridgehead atoms. The first kappa shape index (κ1) is 24.4. The highest BCUT2D eigenvalue weighted by atomic mass is 19.1. The molecule has 37 heavy (non-hydrogen) atoms. The maximum Gasteiger partial charge on any atom is 0.289 e. The second-order valence-electron chi connectivity index (χ2n) is 9.85. The topological polar surface area (TPSA) is 143 Å². The highest BCUT2D eigenvalue weighted by molar-refractivity contribution is 6.05. The van der Waals surface area contributed by atoms with Gasteiger partial charge in [-0.05, 0) is 44.4 Å². The van der Waals surface area contributed by atoms with Gasteiger partial charge < -0.3 is 25.6 Å². The number of hydrogen-bond acceptors (Lipinski definition) is 7. The van der Waals surface area contributed by atoms with Crippen LogP contribution in [0, 0.1) is 5.82 Å². The van der Waals surface area contributed by atoms with Gasteiger partial charge in [0.2, 0.25) is 5.76 Å². The molecule has 3 heterocycles. The summed E-state index contributed by atoms with van der Waals surface area (Å²) in [6.45, 7) is 2.87. The largest absolute Gasteiger partial charge is 0.505 e. The lowest BCUT2D eigenvalue weighted by atomic mass is 10.0. The van der Waals surface area contributed by atoms with Gasteiger partial charge in [-0.3, -0.25) is 23.9 Å². The van der Waals surface area contributed by atoms with Crippen LogP contribution < -0.4 is 20.9 Å². The number of pyridine rings is 2. The molecule has 0 saturated heterocycles. The number of carbonyl (C=O) groups excluding carboxylic acids is 2. The SMILES string of the molecule is CC(C)(CO)NC(=O)C1=Cn2c(=O)c(C(=O)NC3CC3)c(O)c3ncc(Cc4ccc(F)cc4)c(c32)O1. The molecule has 5 rings (SSSR count). The molecule has 10 nitrogen and oxygen atoms in total. The number of aromatic nitrogens is 2. The molecule has 1 aliphatic heterocycles. The second kappa shape index (κ2) is 9.00. The molecule has 2 aliphatic rings. The van der Waals surface area contributed by atoms with Gasteiger partial charge >= 0.3 is 0 Å². The van der Waals surface area contributed by atoms with Crippen molar-refractivity contribution < 1.29 is 28.9 Å². The fourth-order valence-corrected chi connectivity index (χ4v) is 4.00. The Balaban J connectivity index is 1.68. The van der Waals surface area contributed by atoms with E-state index in [1.165, 1.54) is 18.3 Å². The average Bonchev–Trinajstić information content (AvgIpc) is 3.68. The van der Waals surface area contributed by atoms with Crippen molar-refractivity contribution in [1.82, 2.24) is 20.2 Å². The third kappa shape index (κ3) is 4.65. The number of hydrogen-bond donors (Lipinski definition) is 4. The molecule has 0 spiro atoms. The molecule has 192 valence electrons. The molecule has 3 aromatic rings. The smallest absolute Gasteiger partial charge is 0.289 e. The Morgan fingerprint density at radius 1 is 1.22 bits per heavy atom. The number of nitrogens with one attached hydrogen (secondary N) is 2. The summed E-state index contributed by atoms with van der Waals surface area (Å²) in [5, 5.41) is 25.8. The second-order valence-corrected chi connectivity index (χ2v) is 9.85. The lowest BCUT2D eigenvalue weighted by Crippen LogP contribution is -2.47. The van der Waals surface area contributed by atoms with Gasteiger partial charge in [0.15, 0.2) is 11.5 Å². The van der Waals surface area contributed by atoms with Crippen LogP contribution in [-0.4, -0.2) is 49.8 Å². The summed E-state index contributed by atoms with van der Waals surface area (Å²) in [6.07, 6.45) is 4.33. The maximum absolute atomic E-state index is 13.5. The van der Waals surface area contributed by atoms with Crippen LogP contribution in [-0.2, 0) is 11.2 Å². The van der Waals surface area contributed by atoms with Crippen molar-refractivity contribution in [3.8, 4) is 11.5 Å². The van der Waals surface area contributed by atoms with E-state index in [-0.39, 0.29) is 41.6 Å². The standard InChI is InChI=1S/C26H25FN4O6/c1-26(2,12-32)30-23(34)17-11-31-20-19(21(33)18(25(31)36)24(35)29-16-7-8-16)28-10-14(22(20)37-17)9-13-3-5-15(27)6-4-13/h3-6,10-11,16,32-33H,7-9,12H2,1-2H3,(H,29,35)(H,30,34). The number of rotatable bonds is 7. The Hall–Kier alpha value is -4.25. The van der Waals surface area contributed by atoms with Crippen LogP contribution in [0.2, 0.25) is 0 Å². The van der Waals surface area contributed by atoms with Crippen LogP contribution in [0.25, 0.3) is 17.2 Å². The van der Waals surface area contributed by atoms with Crippen molar-refractivity contribution in [2.75, 3.05) is 6.61 Å². The van der Waals surface area contributed by atoms with Gasteiger partial charge in [0.05, 0.1) is 18.3 Å². The van der Waals surface area contributed by atoms with E-state index in [9.17, 15) is 29.0 Å². The van der Waals surface area contributed by atoms with Crippen LogP contribution in [0.1, 0.15) is 48.2 Å². The molecular formula is C26H25FN4O6. The fraction of sp³-hybridized carbons (Fsp3) is 0.308. The van der Waals surface area contributed by atoms with Crippen molar-refractivity contribution in [2.45, 2.75) is 44.7 Å². The lowest BCUT2D eigenvalue weighted by Gasteiger charge is -2.26. The molecule has 2 aromatic heterocycles. The molecule has 1 saturated carbocycles. The number of nitrogens with zero attached hydrogens (tertiary/aromatic N) is 2. The van der Waals surface area contributed by atoms with Crippen LogP contribution in [0.3, 0.4) is 0 Å². The number of aliphatic hydroxyl groups is 1. The molecule has 0 atom stereocenters. The van der Waals surface area contributed by atoms with E-state index in [1.807, 2.05) is 0 Å². The van der Waals surface area contributed by atoms with Gasteiger partial charge in [-0.1, -0.05) is 12.1 Å². The minimum atomic E-state index is -0.985. The number of amides is 2. The van der Waals surface area contributed by atoms with E-state index in [4.69, 9.17) is 4.74 Å². The maximum atomic E-state index is 13.5. The molecule has 0 unspecified atom stereocenters. The van der Waals surface area contributed by atoms with Crippen LogP contribution >= 0.6 is 0 Å². The Morgan fingerprint density at radius 2 is 1.92 bits per heavy atom. The minimum Gasteiger partial charge on any atom is -0.505 e. The lowest BCUT2D eigenvalue weighted by molar-refractivity contribution is -0.121. The quantitative estimate of drug-likeness (QED) is 0.381. The molecule has 4 N–H and O–H groups in total. The van der Waals surface area contributed by atoms with Crippen molar-refractivity contribution in [1.29, 1.82) is 0 Å². The van der Waals surface area contributed by atoms with Crippen molar-refractivity contribution >= 4 is 29.0 Å². The first-order valence-electron chi connectivity index (χ1n) is 11.8. The number of aromatic hydroxyl groups is 1. The molecule has 11 heteroatoms. The summed E-state index contributed by atoms with van der Waals surface area (Å²) in [7, 11) is 0. The highest BCUT2D eigenvalue weighted by Crippen LogP contribution is 2.38. The van der Waals surface area contributed by atoms with Crippen LogP contribution in [0.5, 0.6) is 11.5 Å². The Bertz CT molecular complexity index is 1520. The third-order valence-electron chi connectivity index (χ3n) is 6.19. The average molecular weight is 509 g/mol. The summed E-state index contributed by atoms with van der Waals surface area (Å²) in [4.78, 5) is 43.7. The predicted molar refractivity (Wildman–Crippen MR) is 132 cm³/mol. The normalized spacial score (nSPS) is 14.6. The van der Waals surface area contributed by atoms with E-state index in [1.54, 1.807) is 26.0 Å². The monoisotopic (exact) mass is 508 g/mol. The number of aliphatic hydroxyl groups excluding tert-OH is 1. The van der Waals surface area contributed by atoms with Gasteiger partial charge in [0.25, 0.3) is 17.4 Å². The molecule has 0 radical (unpaired) electrons. The molecule has 1 aromatic carbocycles. The van der Waals surface area contributed by atoms with Crippen molar-refractivity contribution in [3.63, 3.8) is 0 Å². The van der Waals surface area contributed by atoms with Crippen LogP contribution in [0.4, 0.5) is 4.39 Å². The van der Waals surface area contributed by atoms with E-state index >= 15 is 0 Å². The minimum absolute atomic E-state index is 0.0511. The molecular weight excluding hydrogens is 483 g/mol. The number of ether oxygens (including phenoxy) is 1. The Kier molecular flexibility index (Phi) is 5.95. The number of carbonyl (C=O) groups is 2. The van der Waals surface area contributed by atoms with Crippen molar-refractivity contribution in [3.05, 3.63) is 69.1 Å². The van der Waals surface area contributed by atoms with Gasteiger partial charge in [-0.2, -0.15) is 0 Å². The highest BCUT2D eigenvalue weighted by Gasteiger charge is 2.33. The summed E-state index contributed by atoms with van der Waals surface area (Å²) in [5.74, 6) is -2.60. The van der Waals surface area contributed by atoms with E-state index in [0.717, 1.165) is 23.6 Å². The molecule has 2 amide bonds. The zero-order valence-electron chi connectivity index (χ0n) is 20.2. The number of halogens is 1. The summed E-state index contributed by atoms with van der Waals surface area (Å²) in [5.41, 5.74) is -1.11. The van der Waals surface area contributed by atoms with E-state index in [0.29, 0.717) is 11.1 Å². The van der Waals surface area contributed by atoms with E-state index < -0.39 is 40.0 Å². The third-order valence-corrected chi connectivity index (χ3v) is 6.19. The Morgan fingerprint density at radius 3 is 2.57 bits per heavy atom. The van der Waals surface area contributed by atoms with Gasteiger partial charge in [-0.15, -0.1) is 0 Å². The Labute approximate surface area is 210 Å². The predicted octanol–water partition coefficient (Wildman–Crippen LogP) is 1.80. The first-order valence-corrected chi connectivity index (χ1v) is 11.8.